The number of sulfonamides is 1. The van der Waals surface area contributed by atoms with E-state index in [1.54, 1.807) is 24.3 Å². The summed E-state index contributed by atoms with van der Waals surface area (Å²) in [6, 6.07) is 7.35. The van der Waals surface area contributed by atoms with Crippen LogP contribution in [-0.2, 0) is 14.8 Å². The lowest BCUT2D eigenvalue weighted by Gasteiger charge is -2.35. The van der Waals surface area contributed by atoms with Crippen molar-refractivity contribution in [1.29, 1.82) is 0 Å². The van der Waals surface area contributed by atoms with Gasteiger partial charge in [0, 0.05) is 23.6 Å². The Hall–Kier alpha value is -0.470. The number of nitrogens with zero attached hydrogens (tertiary/aromatic N) is 1. The molecule has 2 saturated heterocycles. The van der Waals surface area contributed by atoms with Crippen LogP contribution in [0.5, 0.6) is 0 Å². The summed E-state index contributed by atoms with van der Waals surface area (Å²) in [5.41, 5.74) is 0. The molecule has 1 aromatic carbocycles. The van der Waals surface area contributed by atoms with Crippen molar-refractivity contribution in [2.45, 2.75) is 29.9 Å². The molecule has 1 N–H and O–H groups in total. The Morgan fingerprint density at radius 3 is 3.00 bits per heavy atom. The summed E-state index contributed by atoms with van der Waals surface area (Å²) >= 11 is 3.28. The number of ether oxygens (including phenoxy) is 1. The Morgan fingerprint density at radius 1 is 1.38 bits per heavy atom. The van der Waals surface area contributed by atoms with Gasteiger partial charge in [-0.1, -0.05) is 12.1 Å². The second-order valence-electron chi connectivity index (χ2n) is 5.53. The summed E-state index contributed by atoms with van der Waals surface area (Å²) in [5, 5.41) is 0. The molecule has 7 heteroatoms. The molecule has 3 rings (SSSR count). The summed E-state index contributed by atoms with van der Waals surface area (Å²) in [4.78, 5) is 2.67. The van der Waals surface area contributed by atoms with Gasteiger partial charge in [-0.2, -0.15) is 0 Å². The molecule has 0 aromatic heterocycles. The van der Waals surface area contributed by atoms with Crippen LogP contribution in [0.4, 0.5) is 0 Å². The van der Waals surface area contributed by atoms with Crippen LogP contribution < -0.4 is 4.72 Å². The van der Waals surface area contributed by atoms with E-state index in [4.69, 9.17) is 4.74 Å². The molecule has 21 heavy (non-hydrogen) atoms. The van der Waals surface area contributed by atoms with Gasteiger partial charge in [0.2, 0.25) is 10.0 Å². The number of rotatable bonds is 4. The Bertz CT molecular complexity index is 608. The van der Waals surface area contributed by atoms with Crippen molar-refractivity contribution in [3.63, 3.8) is 0 Å². The van der Waals surface area contributed by atoms with Gasteiger partial charge in [-0.05, 0) is 47.4 Å². The van der Waals surface area contributed by atoms with Crippen LogP contribution in [-0.4, -0.2) is 51.7 Å². The van der Waals surface area contributed by atoms with Gasteiger partial charge in [0.05, 0.1) is 17.6 Å². The van der Waals surface area contributed by atoms with Crippen LogP contribution >= 0.6 is 15.9 Å². The Morgan fingerprint density at radius 2 is 2.19 bits per heavy atom. The average Bonchev–Trinajstić information content (AvgIpc) is 2.93. The van der Waals surface area contributed by atoms with E-state index in [-0.39, 0.29) is 11.0 Å². The van der Waals surface area contributed by atoms with Crippen molar-refractivity contribution < 1.29 is 13.2 Å². The Balaban J connectivity index is 1.61. The fourth-order valence-electron chi connectivity index (χ4n) is 2.95. The van der Waals surface area contributed by atoms with Crippen LogP contribution in [0.2, 0.25) is 0 Å². The minimum absolute atomic E-state index is 0.0726. The lowest BCUT2D eigenvalue weighted by atomic mass is 10.2. The second kappa shape index (κ2) is 6.34. The van der Waals surface area contributed by atoms with E-state index in [2.05, 4.69) is 25.6 Å². The molecule has 0 bridgehead atoms. The Kier molecular flexibility index (Phi) is 4.66. The summed E-state index contributed by atoms with van der Waals surface area (Å²) in [7, 11) is -3.51. The lowest BCUT2D eigenvalue weighted by Crippen LogP contribution is -2.50. The molecule has 0 spiro atoms. The third-order valence-electron chi connectivity index (χ3n) is 4.09. The number of halogens is 1. The van der Waals surface area contributed by atoms with Gasteiger partial charge in [-0.15, -0.1) is 0 Å². The molecule has 2 heterocycles. The molecule has 2 aliphatic rings. The molecule has 2 fully saturated rings. The number of morpholine rings is 1. The highest BCUT2D eigenvalue weighted by Crippen LogP contribution is 2.23. The first-order valence-electron chi connectivity index (χ1n) is 7.16. The van der Waals surface area contributed by atoms with Crippen molar-refractivity contribution in [3.05, 3.63) is 28.7 Å². The molecule has 0 saturated carbocycles. The second-order valence-corrected chi connectivity index (χ2v) is 8.12. The Labute approximate surface area is 133 Å². The van der Waals surface area contributed by atoms with E-state index < -0.39 is 10.0 Å². The number of nitrogens with one attached hydrogen (secondary N) is 1. The highest BCUT2D eigenvalue weighted by molar-refractivity contribution is 9.10. The van der Waals surface area contributed by atoms with Gasteiger partial charge in [0.25, 0.3) is 0 Å². The first-order valence-corrected chi connectivity index (χ1v) is 9.44. The number of hydrogen-bond donors (Lipinski definition) is 1. The van der Waals surface area contributed by atoms with Gasteiger partial charge in [-0.25, -0.2) is 13.1 Å². The van der Waals surface area contributed by atoms with Crippen molar-refractivity contribution in [3.8, 4) is 0 Å². The molecule has 2 unspecified atom stereocenters. The fourth-order valence-corrected chi connectivity index (χ4v) is 5.02. The van der Waals surface area contributed by atoms with Crippen LogP contribution in [0.15, 0.2) is 33.6 Å². The SMILES string of the molecule is O=S(=O)(NCC1CN2CCCC2CO1)c1ccccc1Br. The zero-order chi connectivity index (χ0) is 14.9. The summed E-state index contributed by atoms with van der Waals surface area (Å²) in [5.74, 6) is 0. The van der Waals surface area contributed by atoms with E-state index in [9.17, 15) is 8.42 Å². The van der Waals surface area contributed by atoms with Crippen LogP contribution in [0.1, 0.15) is 12.8 Å². The molecule has 2 aliphatic heterocycles. The maximum absolute atomic E-state index is 12.3. The first-order chi connectivity index (χ1) is 10.1. The van der Waals surface area contributed by atoms with Gasteiger partial charge in [0.1, 0.15) is 0 Å². The molecule has 1 aromatic rings. The third kappa shape index (κ3) is 3.48. The highest BCUT2D eigenvalue weighted by Gasteiger charge is 2.32. The van der Waals surface area contributed by atoms with E-state index in [1.807, 2.05) is 0 Å². The monoisotopic (exact) mass is 374 g/mol. The van der Waals surface area contributed by atoms with Crippen LogP contribution in [0.3, 0.4) is 0 Å². The molecular formula is C14H19BrN2O3S. The van der Waals surface area contributed by atoms with E-state index >= 15 is 0 Å². The molecule has 116 valence electrons. The third-order valence-corrected chi connectivity index (χ3v) is 6.52. The smallest absolute Gasteiger partial charge is 0.241 e. The highest BCUT2D eigenvalue weighted by atomic mass is 79.9. The predicted octanol–water partition coefficient (Wildman–Crippen LogP) is 1.59. The van der Waals surface area contributed by atoms with Crippen LogP contribution in [0, 0.1) is 0 Å². The zero-order valence-electron chi connectivity index (χ0n) is 11.7. The minimum Gasteiger partial charge on any atom is -0.374 e. The molecule has 0 amide bonds. The standard InChI is InChI=1S/C14H19BrN2O3S/c15-13-5-1-2-6-14(13)21(18,19)16-8-12-9-17-7-3-4-11(17)10-20-12/h1-2,5-6,11-12,16H,3-4,7-10H2. The molecule has 5 nitrogen and oxygen atoms in total. The molecule has 0 radical (unpaired) electrons. The normalized spacial score (nSPS) is 26.7. The zero-order valence-corrected chi connectivity index (χ0v) is 14.1. The molecule has 2 atom stereocenters. The first kappa shape index (κ1) is 15.4. The average molecular weight is 375 g/mol. The van der Waals surface area contributed by atoms with Crippen molar-refractivity contribution in [2.24, 2.45) is 0 Å². The van der Waals surface area contributed by atoms with E-state index in [1.165, 1.54) is 12.8 Å². The van der Waals surface area contributed by atoms with Crippen LogP contribution in [0.25, 0.3) is 0 Å². The molecular weight excluding hydrogens is 356 g/mol. The van der Waals surface area contributed by atoms with Gasteiger partial charge < -0.3 is 4.74 Å². The summed E-state index contributed by atoms with van der Waals surface area (Å²) in [6.45, 7) is 2.93. The maximum Gasteiger partial charge on any atom is 0.241 e. The largest absolute Gasteiger partial charge is 0.374 e. The number of fused-ring (bicyclic) bond motifs is 1. The maximum atomic E-state index is 12.3. The summed E-state index contributed by atoms with van der Waals surface area (Å²) < 4.78 is 33.6. The quantitative estimate of drug-likeness (QED) is 0.869. The number of benzene rings is 1. The number of hydrogen-bond acceptors (Lipinski definition) is 4. The lowest BCUT2D eigenvalue weighted by molar-refractivity contribution is -0.0449. The fraction of sp³-hybridized carbons (Fsp3) is 0.571. The van der Waals surface area contributed by atoms with Gasteiger partial charge in [0.15, 0.2) is 0 Å². The summed E-state index contributed by atoms with van der Waals surface area (Å²) in [6.07, 6.45) is 2.33. The topological polar surface area (TPSA) is 58.6 Å². The molecule has 0 aliphatic carbocycles. The minimum atomic E-state index is -3.51. The van der Waals surface area contributed by atoms with Crippen molar-refractivity contribution >= 4 is 26.0 Å². The van der Waals surface area contributed by atoms with Gasteiger partial charge >= 0.3 is 0 Å². The predicted molar refractivity (Wildman–Crippen MR) is 83.7 cm³/mol. The van der Waals surface area contributed by atoms with E-state index in [0.29, 0.717) is 23.7 Å². The van der Waals surface area contributed by atoms with Crippen molar-refractivity contribution in [1.82, 2.24) is 9.62 Å². The van der Waals surface area contributed by atoms with Gasteiger partial charge in [-0.3, -0.25) is 4.90 Å². The van der Waals surface area contributed by atoms with Crippen molar-refractivity contribution in [2.75, 3.05) is 26.2 Å². The van der Waals surface area contributed by atoms with E-state index in [0.717, 1.165) is 13.1 Å².